The molecule has 0 spiro atoms. The number of amides is 1. The first-order valence-electron chi connectivity index (χ1n) is 4.81. The molecule has 0 aromatic heterocycles. The molecular weight excluding hydrogens is 244 g/mol. The zero-order chi connectivity index (χ0) is 13.1. The van der Waals surface area contributed by atoms with Crippen molar-refractivity contribution in [2.24, 2.45) is 5.73 Å². The molecule has 0 aliphatic rings. The zero-order valence-electron chi connectivity index (χ0n) is 9.34. The third kappa shape index (κ3) is 3.35. The van der Waals surface area contributed by atoms with Crippen LogP contribution in [0.4, 0.5) is 5.69 Å². The van der Waals surface area contributed by atoms with Gasteiger partial charge in [0.25, 0.3) is 0 Å². The van der Waals surface area contributed by atoms with Crippen LogP contribution in [-0.4, -0.2) is 27.2 Å². The Balaban J connectivity index is 3.09. The van der Waals surface area contributed by atoms with Gasteiger partial charge in [-0.05, 0) is 12.1 Å². The fraction of sp³-hybridized carbons (Fsp3) is 0.300. The largest absolute Gasteiger partial charge is 0.497 e. The van der Waals surface area contributed by atoms with E-state index in [0.717, 1.165) is 0 Å². The summed E-state index contributed by atoms with van der Waals surface area (Å²) in [6, 6.07) is 4.32. The highest BCUT2D eigenvalue weighted by molar-refractivity contribution is 7.91. The average molecular weight is 258 g/mol. The van der Waals surface area contributed by atoms with Crippen molar-refractivity contribution >= 4 is 21.4 Å². The molecule has 0 unspecified atom stereocenters. The summed E-state index contributed by atoms with van der Waals surface area (Å²) in [7, 11) is -2.20. The molecule has 0 atom stereocenters. The lowest BCUT2D eigenvalue weighted by molar-refractivity contribution is -0.117. The Morgan fingerprint density at radius 2 is 2.06 bits per heavy atom. The van der Waals surface area contributed by atoms with E-state index >= 15 is 0 Å². The summed E-state index contributed by atoms with van der Waals surface area (Å²) in [5, 5.41) is 0. The van der Waals surface area contributed by atoms with Crippen LogP contribution >= 0.6 is 0 Å². The summed E-state index contributed by atoms with van der Waals surface area (Å²) in [5.41, 5.74) is 10.6. The molecule has 0 radical (unpaired) electrons. The first-order valence-corrected chi connectivity index (χ1v) is 6.46. The maximum Gasteiger partial charge on any atom is 0.218 e. The summed E-state index contributed by atoms with van der Waals surface area (Å²) in [5.74, 6) is -0.647. The minimum atomic E-state index is -3.62. The lowest BCUT2D eigenvalue weighted by Crippen LogP contribution is -2.18. The first kappa shape index (κ1) is 13.3. The van der Waals surface area contributed by atoms with Gasteiger partial charge in [0.1, 0.15) is 5.75 Å². The van der Waals surface area contributed by atoms with Crippen LogP contribution in [0.25, 0.3) is 0 Å². The van der Waals surface area contributed by atoms with Crippen LogP contribution < -0.4 is 16.2 Å². The molecule has 0 bridgehead atoms. The number of carbonyl (C=O) groups excluding carboxylic acids is 1. The summed E-state index contributed by atoms with van der Waals surface area (Å²) >= 11 is 0. The number of methoxy groups -OCH3 is 1. The minimum Gasteiger partial charge on any atom is -0.497 e. The molecule has 0 fully saturated rings. The summed E-state index contributed by atoms with van der Waals surface area (Å²) < 4.78 is 28.7. The maximum absolute atomic E-state index is 11.9. The van der Waals surface area contributed by atoms with Crippen LogP contribution in [0.15, 0.2) is 23.1 Å². The molecule has 94 valence electrons. The van der Waals surface area contributed by atoms with Crippen LogP contribution in [0.5, 0.6) is 5.75 Å². The topological polar surface area (TPSA) is 112 Å². The van der Waals surface area contributed by atoms with Crippen LogP contribution in [0.2, 0.25) is 0 Å². The molecule has 1 rings (SSSR count). The van der Waals surface area contributed by atoms with Crippen LogP contribution in [-0.2, 0) is 14.6 Å². The van der Waals surface area contributed by atoms with E-state index in [1.807, 2.05) is 0 Å². The molecule has 17 heavy (non-hydrogen) atoms. The highest BCUT2D eigenvalue weighted by atomic mass is 32.2. The third-order valence-corrected chi connectivity index (χ3v) is 3.94. The first-order chi connectivity index (χ1) is 7.86. The molecule has 0 aliphatic carbocycles. The number of sulfone groups is 1. The van der Waals surface area contributed by atoms with Gasteiger partial charge in [0.2, 0.25) is 5.91 Å². The van der Waals surface area contributed by atoms with Crippen molar-refractivity contribution in [1.82, 2.24) is 0 Å². The second-order valence-electron chi connectivity index (χ2n) is 3.44. The van der Waals surface area contributed by atoms with Crippen molar-refractivity contribution in [2.75, 3.05) is 18.6 Å². The molecule has 1 aromatic carbocycles. The van der Waals surface area contributed by atoms with Gasteiger partial charge in [-0.15, -0.1) is 0 Å². The number of benzene rings is 1. The van der Waals surface area contributed by atoms with Crippen LogP contribution in [0.3, 0.4) is 0 Å². The normalized spacial score (nSPS) is 11.1. The van der Waals surface area contributed by atoms with Crippen LogP contribution in [0.1, 0.15) is 6.42 Å². The average Bonchev–Trinajstić information content (AvgIpc) is 2.27. The van der Waals surface area contributed by atoms with E-state index in [1.54, 1.807) is 6.07 Å². The van der Waals surface area contributed by atoms with E-state index in [-0.39, 0.29) is 22.8 Å². The van der Waals surface area contributed by atoms with Gasteiger partial charge >= 0.3 is 0 Å². The lowest BCUT2D eigenvalue weighted by atomic mass is 10.3. The van der Waals surface area contributed by atoms with Gasteiger partial charge in [-0.25, -0.2) is 8.42 Å². The second-order valence-corrected chi connectivity index (χ2v) is 5.52. The number of ether oxygens (including phenoxy) is 1. The van der Waals surface area contributed by atoms with Crippen molar-refractivity contribution in [3.05, 3.63) is 18.2 Å². The van der Waals surface area contributed by atoms with E-state index in [2.05, 4.69) is 0 Å². The monoisotopic (exact) mass is 258 g/mol. The SMILES string of the molecule is COc1ccc(N)c(S(=O)(=O)CCC(N)=O)c1. The summed E-state index contributed by atoms with van der Waals surface area (Å²) in [6.07, 6.45) is -0.237. The van der Waals surface area contributed by atoms with Crippen molar-refractivity contribution in [3.8, 4) is 5.75 Å². The Hall–Kier alpha value is -1.76. The van der Waals surface area contributed by atoms with Crippen molar-refractivity contribution in [1.29, 1.82) is 0 Å². The van der Waals surface area contributed by atoms with Gasteiger partial charge in [-0.2, -0.15) is 0 Å². The van der Waals surface area contributed by atoms with Crippen LogP contribution in [0, 0.1) is 0 Å². The molecule has 0 saturated carbocycles. The van der Waals surface area contributed by atoms with E-state index in [9.17, 15) is 13.2 Å². The van der Waals surface area contributed by atoms with Gasteiger partial charge in [0.15, 0.2) is 9.84 Å². The molecule has 0 heterocycles. The van der Waals surface area contributed by atoms with E-state index in [1.165, 1.54) is 19.2 Å². The predicted molar refractivity (Wildman–Crippen MR) is 63.3 cm³/mol. The predicted octanol–water partition coefficient (Wildman–Crippen LogP) is -0.0735. The third-order valence-electron chi connectivity index (χ3n) is 2.17. The quantitative estimate of drug-likeness (QED) is 0.718. The van der Waals surface area contributed by atoms with E-state index < -0.39 is 15.7 Å². The number of nitrogens with two attached hydrogens (primary N) is 2. The Morgan fingerprint density at radius 1 is 1.41 bits per heavy atom. The summed E-state index contributed by atoms with van der Waals surface area (Å²) in [6.45, 7) is 0. The zero-order valence-corrected chi connectivity index (χ0v) is 10.2. The Kier molecular flexibility index (Phi) is 3.95. The maximum atomic E-state index is 11.9. The number of nitrogen functional groups attached to an aromatic ring is 1. The standard InChI is InChI=1S/C10H14N2O4S/c1-16-7-2-3-8(11)9(6-7)17(14,15)5-4-10(12)13/h2-3,6H,4-5,11H2,1H3,(H2,12,13). The number of hydrogen-bond acceptors (Lipinski definition) is 5. The number of carbonyl (C=O) groups is 1. The fourth-order valence-corrected chi connectivity index (χ4v) is 2.67. The van der Waals surface area contributed by atoms with Gasteiger partial charge < -0.3 is 16.2 Å². The fourth-order valence-electron chi connectivity index (χ4n) is 1.26. The van der Waals surface area contributed by atoms with Gasteiger partial charge in [0, 0.05) is 12.5 Å². The molecule has 7 heteroatoms. The molecule has 1 amide bonds. The minimum absolute atomic E-state index is 0.0434. The highest BCUT2D eigenvalue weighted by Crippen LogP contribution is 2.25. The van der Waals surface area contributed by atoms with Crippen molar-refractivity contribution in [3.63, 3.8) is 0 Å². The molecule has 1 aromatic rings. The number of hydrogen-bond donors (Lipinski definition) is 2. The van der Waals surface area contributed by atoms with Crippen molar-refractivity contribution < 1.29 is 17.9 Å². The van der Waals surface area contributed by atoms with E-state index in [4.69, 9.17) is 16.2 Å². The second kappa shape index (κ2) is 5.05. The Labute approximate surface area is 99.5 Å². The molecule has 6 nitrogen and oxygen atoms in total. The molecule has 0 aliphatic heterocycles. The van der Waals surface area contributed by atoms with E-state index in [0.29, 0.717) is 5.75 Å². The Bertz CT molecular complexity index is 525. The Morgan fingerprint density at radius 3 is 2.59 bits per heavy atom. The highest BCUT2D eigenvalue weighted by Gasteiger charge is 2.19. The lowest BCUT2D eigenvalue weighted by Gasteiger charge is -2.08. The number of anilines is 1. The van der Waals surface area contributed by atoms with Gasteiger partial charge in [-0.1, -0.05) is 0 Å². The van der Waals surface area contributed by atoms with Gasteiger partial charge in [-0.3, -0.25) is 4.79 Å². The van der Waals surface area contributed by atoms with Gasteiger partial charge in [0.05, 0.1) is 23.4 Å². The van der Waals surface area contributed by atoms with Crippen molar-refractivity contribution in [2.45, 2.75) is 11.3 Å². The smallest absolute Gasteiger partial charge is 0.218 e. The number of rotatable bonds is 5. The summed E-state index contributed by atoms with van der Waals surface area (Å²) in [4.78, 5) is 10.5. The number of primary amides is 1. The molecule has 0 saturated heterocycles. The molecular formula is C10H14N2O4S. The molecule has 4 N–H and O–H groups in total.